The van der Waals surface area contributed by atoms with Crippen LogP contribution in [-0.2, 0) is 0 Å². The van der Waals surface area contributed by atoms with E-state index in [4.69, 9.17) is 0 Å². The van der Waals surface area contributed by atoms with Crippen LogP contribution in [-0.4, -0.2) is 56.2 Å². The zero-order valence-corrected chi connectivity index (χ0v) is 7.64. The first-order valence-electron chi connectivity index (χ1n) is 4.46. The zero-order valence-electron chi connectivity index (χ0n) is 7.64. The van der Waals surface area contributed by atoms with Gasteiger partial charge in [0.05, 0.1) is 0 Å². The highest BCUT2D eigenvalue weighted by Gasteiger charge is 2.13. The molecule has 3 heteroatoms. The molecule has 1 saturated heterocycles. The number of hydrogen-bond acceptors (Lipinski definition) is 3. The molecule has 1 aliphatic heterocycles. The predicted octanol–water partition coefficient (Wildman–Crippen LogP) is -0.199. The summed E-state index contributed by atoms with van der Waals surface area (Å²) in [7, 11) is 2.01. The van der Waals surface area contributed by atoms with Crippen molar-refractivity contribution in [2.75, 3.05) is 46.4 Å². The Labute approximate surface area is 69.4 Å². The number of rotatable bonds is 3. The van der Waals surface area contributed by atoms with Crippen LogP contribution in [0.2, 0.25) is 0 Å². The first kappa shape index (κ1) is 8.97. The number of nitrogens with zero attached hydrogens (tertiary/aromatic N) is 2. The molecule has 0 amide bonds. The summed E-state index contributed by atoms with van der Waals surface area (Å²) >= 11 is 0. The van der Waals surface area contributed by atoms with Crippen LogP contribution in [0.25, 0.3) is 0 Å². The molecule has 0 atom stereocenters. The molecule has 1 N–H and O–H groups in total. The maximum atomic E-state index is 3.18. The predicted molar refractivity (Wildman–Crippen MR) is 47.6 cm³/mol. The van der Waals surface area contributed by atoms with Crippen LogP contribution < -0.4 is 5.32 Å². The Kier molecular flexibility index (Phi) is 3.83. The minimum absolute atomic E-state index is 1.04. The molecule has 1 fully saturated rings. The molecule has 0 aromatic carbocycles. The quantitative estimate of drug-likeness (QED) is 0.612. The molecule has 11 heavy (non-hydrogen) atoms. The van der Waals surface area contributed by atoms with Crippen molar-refractivity contribution in [3.63, 3.8) is 0 Å². The van der Waals surface area contributed by atoms with E-state index < -0.39 is 0 Å². The van der Waals surface area contributed by atoms with Crippen molar-refractivity contribution in [1.82, 2.24) is 15.1 Å². The van der Waals surface area contributed by atoms with Gasteiger partial charge in [0.1, 0.15) is 0 Å². The minimum Gasteiger partial charge on any atom is -0.307 e. The summed E-state index contributed by atoms with van der Waals surface area (Å²) in [5, 5.41) is 3.18. The summed E-state index contributed by atoms with van der Waals surface area (Å²) < 4.78 is 0. The first-order valence-corrected chi connectivity index (χ1v) is 4.46. The van der Waals surface area contributed by atoms with E-state index >= 15 is 0 Å². The summed E-state index contributed by atoms with van der Waals surface area (Å²) in [5.74, 6) is 0. The Morgan fingerprint density at radius 1 is 1.09 bits per heavy atom. The molecule has 3 nitrogen and oxygen atoms in total. The lowest BCUT2D eigenvalue weighted by Crippen LogP contribution is -2.48. The third-order valence-electron chi connectivity index (χ3n) is 2.29. The number of hydrogen-bond donors (Lipinski definition) is 1. The zero-order chi connectivity index (χ0) is 8.10. The first-order chi connectivity index (χ1) is 5.36. The molecule has 0 radical (unpaired) electrons. The highest BCUT2D eigenvalue weighted by molar-refractivity contribution is 4.69. The van der Waals surface area contributed by atoms with E-state index in [9.17, 15) is 0 Å². The average molecular weight is 157 g/mol. The van der Waals surface area contributed by atoms with Crippen molar-refractivity contribution in [2.24, 2.45) is 0 Å². The Hall–Kier alpha value is -0.120. The highest BCUT2D eigenvalue weighted by atomic mass is 15.3. The summed E-state index contributed by atoms with van der Waals surface area (Å²) in [4.78, 5) is 4.94. The Bertz CT molecular complexity index is 97.5. The van der Waals surface area contributed by atoms with Gasteiger partial charge in [0.15, 0.2) is 0 Å². The molecule has 1 heterocycles. The van der Waals surface area contributed by atoms with Gasteiger partial charge in [-0.15, -0.1) is 0 Å². The fraction of sp³-hybridized carbons (Fsp3) is 1.00. The summed E-state index contributed by atoms with van der Waals surface area (Å²) in [6.07, 6.45) is 0. The molecular formula is C8H19N3. The van der Waals surface area contributed by atoms with E-state index in [0.29, 0.717) is 0 Å². The van der Waals surface area contributed by atoms with E-state index in [1.54, 1.807) is 0 Å². The van der Waals surface area contributed by atoms with Gasteiger partial charge in [-0.3, -0.25) is 4.90 Å². The van der Waals surface area contributed by atoms with E-state index in [0.717, 1.165) is 6.67 Å². The van der Waals surface area contributed by atoms with Crippen LogP contribution in [0.3, 0.4) is 0 Å². The van der Waals surface area contributed by atoms with E-state index in [1.807, 2.05) is 7.05 Å². The van der Waals surface area contributed by atoms with E-state index in [2.05, 4.69) is 22.0 Å². The van der Waals surface area contributed by atoms with Gasteiger partial charge in [0.2, 0.25) is 0 Å². The van der Waals surface area contributed by atoms with Gasteiger partial charge in [-0.1, -0.05) is 6.92 Å². The maximum absolute atomic E-state index is 3.18. The molecule has 0 aromatic rings. The van der Waals surface area contributed by atoms with Crippen molar-refractivity contribution in [2.45, 2.75) is 6.92 Å². The monoisotopic (exact) mass is 157 g/mol. The van der Waals surface area contributed by atoms with Crippen molar-refractivity contribution < 1.29 is 0 Å². The van der Waals surface area contributed by atoms with Gasteiger partial charge in [-0.2, -0.15) is 0 Å². The summed E-state index contributed by atoms with van der Waals surface area (Å²) in [6, 6.07) is 0. The highest BCUT2D eigenvalue weighted by Crippen LogP contribution is 1.98. The molecule has 1 aliphatic rings. The second-order valence-electron chi connectivity index (χ2n) is 3.06. The SMILES string of the molecule is CCN1CCN(CNC)CC1. The van der Waals surface area contributed by atoms with Crippen LogP contribution in [0, 0.1) is 0 Å². The fourth-order valence-corrected chi connectivity index (χ4v) is 1.49. The number of piperazine rings is 1. The van der Waals surface area contributed by atoms with E-state index in [-0.39, 0.29) is 0 Å². The second kappa shape index (κ2) is 4.70. The van der Waals surface area contributed by atoms with E-state index in [1.165, 1.54) is 32.7 Å². The molecule has 0 saturated carbocycles. The molecule has 0 spiro atoms. The molecule has 0 bridgehead atoms. The van der Waals surface area contributed by atoms with Crippen molar-refractivity contribution in [1.29, 1.82) is 0 Å². The largest absolute Gasteiger partial charge is 0.307 e. The minimum atomic E-state index is 1.04. The maximum Gasteiger partial charge on any atom is 0.0479 e. The molecule has 0 unspecified atom stereocenters. The molecule has 0 aliphatic carbocycles. The Morgan fingerprint density at radius 2 is 1.64 bits per heavy atom. The molecule has 66 valence electrons. The normalized spacial score (nSPS) is 22.4. The standard InChI is InChI=1S/C8H19N3/c1-3-10-4-6-11(7-5-10)8-9-2/h9H,3-8H2,1-2H3. The van der Waals surface area contributed by atoms with Crippen LogP contribution in [0.15, 0.2) is 0 Å². The lowest BCUT2D eigenvalue weighted by atomic mass is 10.3. The molecule has 0 aromatic heterocycles. The van der Waals surface area contributed by atoms with Crippen molar-refractivity contribution in [3.8, 4) is 0 Å². The van der Waals surface area contributed by atoms with Gasteiger partial charge in [-0.05, 0) is 13.6 Å². The summed E-state index contributed by atoms with van der Waals surface area (Å²) in [6.45, 7) is 9.37. The Morgan fingerprint density at radius 3 is 2.09 bits per heavy atom. The lowest BCUT2D eigenvalue weighted by molar-refractivity contribution is 0.132. The van der Waals surface area contributed by atoms with Crippen LogP contribution >= 0.6 is 0 Å². The second-order valence-corrected chi connectivity index (χ2v) is 3.06. The van der Waals surface area contributed by atoms with Gasteiger partial charge < -0.3 is 10.2 Å². The van der Waals surface area contributed by atoms with Crippen LogP contribution in [0.1, 0.15) is 6.92 Å². The van der Waals surface area contributed by atoms with Gasteiger partial charge in [0, 0.05) is 32.8 Å². The average Bonchev–Trinajstić information content (AvgIpc) is 2.07. The molecule has 1 rings (SSSR count). The van der Waals surface area contributed by atoms with Crippen LogP contribution in [0.5, 0.6) is 0 Å². The van der Waals surface area contributed by atoms with Crippen LogP contribution in [0.4, 0.5) is 0 Å². The van der Waals surface area contributed by atoms with Crippen molar-refractivity contribution >= 4 is 0 Å². The smallest absolute Gasteiger partial charge is 0.0479 e. The topological polar surface area (TPSA) is 18.5 Å². The summed E-state index contributed by atoms with van der Waals surface area (Å²) in [5.41, 5.74) is 0. The van der Waals surface area contributed by atoms with Crippen molar-refractivity contribution in [3.05, 3.63) is 0 Å². The number of likely N-dealkylation sites (N-methyl/N-ethyl adjacent to an activating group) is 1. The van der Waals surface area contributed by atoms with Gasteiger partial charge in [-0.25, -0.2) is 0 Å². The lowest BCUT2D eigenvalue weighted by Gasteiger charge is -2.33. The fourth-order valence-electron chi connectivity index (χ4n) is 1.49. The Balaban J connectivity index is 2.14. The van der Waals surface area contributed by atoms with Gasteiger partial charge >= 0.3 is 0 Å². The molecular weight excluding hydrogens is 138 g/mol. The van der Waals surface area contributed by atoms with Gasteiger partial charge in [0.25, 0.3) is 0 Å². The third-order valence-corrected chi connectivity index (χ3v) is 2.29. The number of nitrogens with one attached hydrogen (secondary N) is 1. The third kappa shape index (κ3) is 2.77.